The zero-order valence-corrected chi connectivity index (χ0v) is 11.0. The van der Waals surface area contributed by atoms with Crippen LogP contribution in [0.1, 0.15) is 24.8 Å². The fourth-order valence-corrected chi connectivity index (χ4v) is 4.34. The highest BCUT2D eigenvalue weighted by Crippen LogP contribution is 2.41. The number of hydrogen-bond donors (Lipinski definition) is 1. The third-order valence-electron chi connectivity index (χ3n) is 3.20. The zero-order chi connectivity index (χ0) is 10.7. The lowest BCUT2D eigenvalue weighted by Crippen LogP contribution is -2.45. The van der Waals surface area contributed by atoms with Crippen LogP contribution in [0.15, 0.2) is 11.6 Å². The van der Waals surface area contributed by atoms with Gasteiger partial charge in [0.25, 0.3) is 0 Å². The molecule has 1 aliphatic rings. The monoisotopic (exact) mass is 242 g/mol. The molecular formula is C11H18N2S2. The number of thiazole rings is 1. The minimum absolute atomic E-state index is 0.403. The molecule has 1 fully saturated rings. The smallest absolute Gasteiger partial charge is 0.0940 e. The maximum atomic E-state index is 4.38. The van der Waals surface area contributed by atoms with Crippen LogP contribution in [0.5, 0.6) is 0 Å². The van der Waals surface area contributed by atoms with Gasteiger partial charge in [-0.05, 0) is 32.6 Å². The molecule has 0 amide bonds. The second-order valence-corrected chi connectivity index (χ2v) is 6.84. The highest BCUT2D eigenvalue weighted by Gasteiger charge is 2.37. The maximum absolute atomic E-state index is 4.38. The Kier molecular flexibility index (Phi) is 3.69. The Bertz CT molecular complexity index is 292. The Hall–Kier alpha value is -0.0600. The van der Waals surface area contributed by atoms with Gasteiger partial charge >= 0.3 is 0 Å². The van der Waals surface area contributed by atoms with Gasteiger partial charge in [-0.3, -0.25) is 0 Å². The molecule has 15 heavy (non-hydrogen) atoms. The molecule has 0 radical (unpaired) electrons. The fraction of sp³-hybridized carbons (Fsp3) is 0.727. The molecule has 0 aliphatic carbocycles. The van der Waals surface area contributed by atoms with Gasteiger partial charge in [-0.15, -0.1) is 11.3 Å². The average molecular weight is 242 g/mol. The molecule has 1 N–H and O–H groups in total. The van der Waals surface area contributed by atoms with E-state index in [0.717, 1.165) is 6.42 Å². The summed E-state index contributed by atoms with van der Waals surface area (Å²) in [4.78, 5) is 4.38. The quantitative estimate of drug-likeness (QED) is 0.878. The predicted octanol–water partition coefficient (Wildman–Crippen LogP) is 2.56. The summed E-state index contributed by atoms with van der Waals surface area (Å²) in [6.07, 6.45) is 5.65. The first kappa shape index (κ1) is 11.4. The van der Waals surface area contributed by atoms with Gasteiger partial charge in [-0.25, -0.2) is 4.98 Å². The van der Waals surface area contributed by atoms with Crippen LogP contribution in [0.3, 0.4) is 0 Å². The first-order valence-corrected chi connectivity index (χ1v) is 7.31. The van der Waals surface area contributed by atoms with E-state index in [1.807, 2.05) is 6.20 Å². The van der Waals surface area contributed by atoms with Crippen molar-refractivity contribution in [1.82, 2.24) is 10.3 Å². The molecule has 2 nitrogen and oxygen atoms in total. The van der Waals surface area contributed by atoms with E-state index in [-0.39, 0.29) is 0 Å². The van der Waals surface area contributed by atoms with Gasteiger partial charge in [-0.1, -0.05) is 0 Å². The van der Waals surface area contributed by atoms with Gasteiger partial charge in [0.1, 0.15) is 0 Å². The van der Waals surface area contributed by atoms with Crippen molar-refractivity contribution in [2.24, 2.45) is 0 Å². The molecule has 2 unspecified atom stereocenters. The minimum Gasteiger partial charge on any atom is -0.315 e. The SMILES string of the molecule is CNC(Cc1nccs1)C1(C)CCCS1. The molecule has 0 aromatic carbocycles. The number of likely N-dealkylation sites (N-methyl/N-ethyl adjacent to an activating group) is 1. The van der Waals surface area contributed by atoms with E-state index in [2.05, 4.69) is 41.4 Å². The Balaban J connectivity index is 2.03. The summed E-state index contributed by atoms with van der Waals surface area (Å²) in [6.45, 7) is 2.39. The zero-order valence-electron chi connectivity index (χ0n) is 9.32. The van der Waals surface area contributed by atoms with Crippen LogP contribution < -0.4 is 5.32 Å². The Morgan fingerprint density at radius 3 is 3.07 bits per heavy atom. The lowest BCUT2D eigenvalue weighted by Gasteiger charge is -2.32. The number of nitrogens with zero attached hydrogens (tertiary/aromatic N) is 1. The first-order chi connectivity index (χ1) is 7.24. The second-order valence-electron chi connectivity index (χ2n) is 4.24. The van der Waals surface area contributed by atoms with Crippen molar-refractivity contribution in [2.45, 2.75) is 37.0 Å². The number of rotatable bonds is 4. The molecule has 2 atom stereocenters. The second kappa shape index (κ2) is 4.85. The summed E-state index contributed by atoms with van der Waals surface area (Å²) in [6, 6.07) is 0.552. The maximum Gasteiger partial charge on any atom is 0.0940 e. The largest absolute Gasteiger partial charge is 0.315 e. The molecule has 0 bridgehead atoms. The van der Waals surface area contributed by atoms with E-state index < -0.39 is 0 Å². The van der Waals surface area contributed by atoms with Crippen molar-refractivity contribution >= 4 is 23.1 Å². The predicted molar refractivity (Wildman–Crippen MR) is 68.8 cm³/mol. The number of aromatic nitrogens is 1. The van der Waals surface area contributed by atoms with Gasteiger partial charge in [-0.2, -0.15) is 11.8 Å². The van der Waals surface area contributed by atoms with Crippen LogP contribution in [0, 0.1) is 0 Å². The fourth-order valence-electron chi connectivity index (χ4n) is 2.23. The lowest BCUT2D eigenvalue weighted by molar-refractivity contribution is 0.423. The highest BCUT2D eigenvalue weighted by molar-refractivity contribution is 8.00. The van der Waals surface area contributed by atoms with Crippen molar-refractivity contribution in [3.8, 4) is 0 Å². The van der Waals surface area contributed by atoms with Crippen LogP contribution in [0.2, 0.25) is 0 Å². The van der Waals surface area contributed by atoms with Crippen LogP contribution in [-0.2, 0) is 6.42 Å². The third kappa shape index (κ3) is 2.55. The number of thioether (sulfide) groups is 1. The normalized spacial score (nSPS) is 28.1. The Labute approximate surface area is 99.9 Å². The molecule has 1 aliphatic heterocycles. The van der Waals surface area contributed by atoms with Gasteiger partial charge in [0, 0.05) is 28.8 Å². The van der Waals surface area contributed by atoms with Crippen LogP contribution in [0.4, 0.5) is 0 Å². The average Bonchev–Trinajstić information content (AvgIpc) is 2.85. The van der Waals surface area contributed by atoms with Gasteiger partial charge < -0.3 is 5.32 Å². The highest BCUT2D eigenvalue weighted by atomic mass is 32.2. The molecule has 4 heteroatoms. The number of nitrogens with one attached hydrogen (secondary N) is 1. The van der Waals surface area contributed by atoms with Crippen molar-refractivity contribution in [3.05, 3.63) is 16.6 Å². The molecule has 0 saturated carbocycles. The summed E-state index contributed by atoms with van der Waals surface area (Å²) >= 11 is 3.88. The third-order valence-corrected chi connectivity index (χ3v) is 5.64. The molecule has 1 aromatic rings. The molecule has 1 saturated heterocycles. The van der Waals surface area contributed by atoms with Crippen molar-refractivity contribution in [1.29, 1.82) is 0 Å². The molecule has 2 rings (SSSR count). The summed E-state index contributed by atoms with van der Waals surface area (Å²) in [7, 11) is 2.07. The summed E-state index contributed by atoms with van der Waals surface area (Å²) < 4.78 is 0.403. The van der Waals surface area contributed by atoms with Crippen molar-refractivity contribution in [2.75, 3.05) is 12.8 Å². The van der Waals surface area contributed by atoms with Crippen LogP contribution in [0.25, 0.3) is 0 Å². The van der Waals surface area contributed by atoms with Gasteiger partial charge in [0.15, 0.2) is 0 Å². The Morgan fingerprint density at radius 1 is 1.67 bits per heavy atom. The summed E-state index contributed by atoms with van der Waals surface area (Å²) in [5, 5.41) is 6.78. The van der Waals surface area contributed by atoms with Gasteiger partial charge in [0.2, 0.25) is 0 Å². The Morgan fingerprint density at radius 2 is 2.53 bits per heavy atom. The van der Waals surface area contributed by atoms with Crippen molar-refractivity contribution < 1.29 is 0 Å². The van der Waals surface area contributed by atoms with E-state index in [1.165, 1.54) is 23.6 Å². The molecule has 84 valence electrons. The standard InChI is InChI=1S/C11H18N2S2/c1-11(4-3-6-15-11)9(12-2)8-10-13-5-7-14-10/h5,7,9,12H,3-4,6,8H2,1-2H3. The topological polar surface area (TPSA) is 24.9 Å². The van der Waals surface area contributed by atoms with E-state index >= 15 is 0 Å². The van der Waals surface area contributed by atoms with Crippen LogP contribution >= 0.6 is 23.1 Å². The van der Waals surface area contributed by atoms with Gasteiger partial charge in [0.05, 0.1) is 5.01 Å². The van der Waals surface area contributed by atoms with E-state index in [4.69, 9.17) is 0 Å². The first-order valence-electron chi connectivity index (χ1n) is 5.44. The van der Waals surface area contributed by atoms with E-state index in [1.54, 1.807) is 11.3 Å². The van der Waals surface area contributed by atoms with E-state index in [0.29, 0.717) is 10.8 Å². The summed E-state index contributed by atoms with van der Waals surface area (Å²) in [5.74, 6) is 1.31. The number of hydrogen-bond acceptors (Lipinski definition) is 4. The molecule has 1 aromatic heterocycles. The van der Waals surface area contributed by atoms with Crippen LogP contribution in [-0.4, -0.2) is 28.6 Å². The lowest BCUT2D eigenvalue weighted by atomic mass is 9.94. The molecule has 2 heterocycles. The molecular weight excluding hydrogens is 224 g/mol. The van der Waals surface area contributed by atoms with Crippen molar-refractivity contribution in [3.63, 3.8) is 0 Å². The van der Waals surface area contributed by atoms with E-state index in [9.17, 15) is 0 Å². The molecule has 0 spiro atoms. The minimum atomic E-state index is 0.403. The summed E-state index contributed by atoms with van der Waals surface area (Å²) in [5.41, 5.74) is 0.